The summed E-state index contributed by atoms with van der Waals surface area (Å²) in [7, 11) is 1.40. The molecular weight excluding hydrogens is 321 g/mol. The van der Waals surface area contributed by atoms with Crippen LogP contribution in [-0.4, -0.2) is 32.3 Å². The molecule has 0 bridgehead atoms. The van der Waals surface area contributed by atoms with Crippen molar-refractivity contribution in [3.63, 3.8) is 0 Å². The smallest absolute Gasteiger partial charge is 0.261 e. The van der Waals surface area contributed by atoms with Crippen molar-refractivity contribution < 1.29 is 13.2 Å². The lowest BCUT2D eigenvalue weighted by Gasteiger charge is -2.31. The van der Waals surface area contributed by atoms with Gasteiger partial charge in [-0.1, -0.05) is 18.5 Å². The maximum absolute atomic E-state index is 12.4. The standard InChI is InChI=1S/C13H15Cl2NO3S/c1-9-3-2-4-16(8-9)13(17)10-5-11(14)7-12(6-10)20(15,18)19/h5-7,9H,2-4,8H2,1H3. The minimum Gasteiger partial charge on any atom is -0.338 e. The lowest BCUT2D eigenvalue weighted by atomic mass is 9.99. The largest absolute Gasteiger partial charge is 0.338 e. The Hall–Kier alpha value is -0.780. The maximum Gasteiger partial charge on any atom is 0.261 e. The fraction of sp³-hybridized carbons (Fsp3) is 0.462. The minimum atomic E-state index is -3.91. The summed E-state index contributed by atoms with van der Waals surface area (Å²) >= 11 is 5.87. The first-order valence-corrected chi connectivity index (χ1v) is 9.00. The molecule has 2 rings (SSSR count). The summed E-state index contributed by atoms with van der Waals surface area (Å²) in [6.45, 7) is 3.44. The van der Waals surface area contributed by atoms with Crippen molar-refractivity contribution in [3.8, 4) is 0 Å². The van der Waals surface area contributed by atoms with Gasteiger partial charge in [-0.05, 0) is 37.0 Å². The third kappa shape index (κ3) is 3.65. The van der Waals surface area contributed by atoms with E-state index < -0.39 is 9.05 Å². The zero-order valence-corrected chi connectivity index (χ0v) is 13.3. The highest BCUT2D eigenvalue weighted by Gasteiger charge is 2.23. The first-order chi connectivity index (χ1) is 9.27. The van der Waals surface area contributed by atoms with Crippen LogP contribution < -0.4 is 0 Å². The second-order valence-corrected chi connectivity index (χ2v) is 8.11. The van der Waals surface area contributed by atoms with Crippen molar-refractivity contribution in [2.24, 2.45) is 5.92 Å². The van der Waals surface area contributed by atoms with E-state index in [1.165, 1.54) is 18.2 Å². The molecule has 0 aromatic heterocycles. The molecule has 1 amide bonds. The van der Waals surface area contributed by atoms with Crippen molar-refractivity contribution in [2.45, 2.75) is 24.7 Å². The highest BCUT2D eigenvalue weighted by molar-refractivity contribution is 8.13. The van der Waals surface area contributed by atoms with Gasteiger partial charge in [-0.2, -0.15) is 0 Å². The van der Waals surface area contributed by atoms with Crippen molar-refractivity contribution in [2.75, 3.05) is 13.1 Å². The van der Waals surface area contributed by atoms with Gasteiger partial charge in [-0.3, -0.25) is 4.79 Å². The Labute approximate surface area is 128 Å². The van der Waals surface area contributed by atoms with Crippen LogP contribution in [-0.2, 0) is 9.05 Å². The molecule has 1 heterocycles. The van der Waals surface area contributed by atoms with Crippen molar-refractivity contribution in [1.82, 2.24) is 4.90 Å². The zero-order chi connectivity index (χ0) is 14.9. The summed E-state index contributed by atoms with van der Waals surface area (Å²) in [4.78, 5) is 14.0. The molecule has 0 N–H and O–H groups in total. The van der Waals surface area contributed by atoms with Gasteiger partial charge in [0.15, 0.2) is 0 Å². The van der Waals surface area contributed by atoms with Crippen LogP contribution in [0.1, 0.15) is 30.1 Å². The van der Waals surface area contributed by atoms with Crippen LogP contribution >= 0.6 is 22.3 Å². The summed E-state index contributed by atoms with van der Waals surface area (Å²) in [5.41, 5.74) is 0.255. The molecule has 1 aliphatic heterocycles. The number of carbonyl (C=O) groups is 1. The summed E-state index contributed by atoms with van der Waals surface area (Å²) in [6, 6.07) is 3.98. The number of rotatable bonds is 2. The lowest BCUT2D eigenvalue weighted by molar-refractivity contribution is 0.0683. The van der Waals surface area contributed by atoms with Gasteiger partial charge in [0, 0.05) is 34.4 Å². The molecule has 1 fully saturated rings. The van der Waals surface area contributed by atoms with Crippen LogP contribution in [0.4, 0.5) is 0 Å². The van der Waals surface area contributed by atoms with E-state index in [2.05, 4.69) is 6.92 Å². The van der Waals surface area contributed by atoms with Gasteiger partial charge in [0.05, 0.1) is 4.90 Å². The van der Waals surface area contributed by atoms with Crippen LogP contribution in [0.5, 0.6) is 0 Å². The zero-order valence-electron chi connectivity index (χ0n) is 11.0. The topological polar surface area (TPSA) is 54.5 Å². The molecule has 1 atom stereocenters. The van der Waals surface area contributed by atoms with Crippen LogP contribution in [0.2, 0.25) is 5.02 Å². The highest BCUT2D eigenvalue weighted by atomic mass is 35.7. The molecule has 1 unspecified atom stereocenters. The Balaban J connectivity index is 2.32. The van der Waals surface area contributed by atoms with E-state index in [0.29, 0.717) is 19.0 Å². The Morgan fingerprint density at radius 2 is 2.05 bits per heavy atom. The molecule has 0 spiro atoms. The first-order valence-electron chi connectivity index (χ1n) is 6.32. The SMILES string of the molecule is CC1CCCN(C(=O)c2cc(Cl)cc(S(=O)(=O)Cl)c2)C1. The average molecular weight is 336 g/mol. The number of hydrogen-bond donors (Lipinski definition) is 0. The monoisotopic (exact) mass is 335 g/mol. The molecule has 1 aromatic rings. The van der Waals surface area contributed by atoms with Gasteiger partial charge in [0.2, 0.25) is 0 Å². The van der Waals surface area contributed by atoms with Gasteiger partial charge in [-0.15, -0.1) is 0 Å². The van der Waals surface area contributed by atoms with Gasteiger partial charge in [0.25, 0.3) is 15.0 Å². The number of halogens is 2. The normalized spacial score (nSPS) is 19.9. The third-order valence-corrected chi connectivity index (χ3v) is 4.90. The maximum atomic E-state index is 12.4. The Morgan fingerprint density at radius 3 is 2.65 bits per heavy atom. The van der Waals surface area contributed by atoms with Crippen LogP contribution in [0.15, 0.2) is 23.1 Å². The molecule has 4 nitrogen and oxygen atoms in total. The van der Waals surface area contributed by atoms with E-state index >= 15 is 0 Å². The summed E-state index contributed by atoms with van der Waals surface area (Å²) in [6.07, 6.45) is 2.05. The molecule has 110 valence electrons. The molecule has 1 saturated heterocycles. The molecule has 20 heavy (non-hydrogen) atoms. The second kappa shape index (κ2) is 5.92. The van der Waals surface area contributed by atoms with Gasteiger partial charge >= 0.3 is 0 Å². The summed E-state index contributed by atoms with van der Waals surface area (Å²) < 4.78 is 22.7. The number of hydrogen-bond acceptors (Lipinski definition) is 3. The summed E-state index contributed by atoms with van der Waals surface area (Å²) in [5, 5.41) is 0.181. The number of benzene rings is 1. The van der Waals surface area contributed by atoms with Crippen LogP contribution in [0.25, 0.3) is 0 Å². The molecule has 0 radical (unpaired) electrons. The van der Waals surface area contributed by atoms with E-state index in [0.717, 1.165) is 12.8 Å². The Bertz CT molecular complexity index is 631. The molecule has 1 aromatic carbocycles. The van der Waals surface area contributed by atoms with Crippen LogP contribution in [0, 0.1) is 5.92 Å². The predicted octanol–water partition coefficient (Wildman–Crippen LogP) is 3.14. The molecular formula is C13H15Cl2NO3S. The molecule has 7 heteroatoms. The molecule has 0 aliphatic carbocycles. The number of piperidine rings is 1. The van der Waals surface area contributed by atoms with E-state index in [1.54, 1.807) is 4.90 Å². The number of amides is 1. The summed E-state index contributed by atoms with van der Waals surface area (Å²) in [5.74, 6) is 0.240. The van der Waals surface area contributed by atoms with E-state index in [1.807, 2.05) is 0 Å². The fourth-order valence-electron chi connectivity index (χ4n) is 2.38. The van der Waals surface area contributed by atoms with Crippen LogP contribution in [0.3, 0.4) is 0 Å². The Morgan fingerprint density at radius 1 is 1.35 bits per heavy atom. The number of carbonyl (C=O) groups excluding carboxylic acids is 1. The number of likely N-dealkylation sites (tertiary alicyclic amines) is 1. The minimum absolute atomic E-state index is 0.153. The fourth-order valence-corrected chi connectivity index (χ4v) is 3.49. The van der Waals surface area contributed by atoms with Gasteiger partial charge in [0.1, 0.15) is 0 Å². The lowest BCUT2D eigenvalue weighted by Crippen LogP contribution is -2.39. The molecule has 1 aliphatic rings. The highest BCUT2D eigenvalue weighted by Crippen LogP contribution is 2.24. The Kier molecular flexibility index (Phi) is 4.62. The van der Waals surface area contributed by atoms with Crippen molar-refractivity contribution in [1.29, 1.82) is 0 Å². The van der Waals surface area contributed by atoms with Crippen molar-refractivity contribution >= 4 is 37.2 Å². The second-order valence-electron chi connectivity index (χ2n) is 5.11. The van der Waals surface area contributed by atoms with Gasteiger partial charge < -0.3 is 4.90 Å². The first kappa shape index (κ1) is 15.6. The van der Waals surface area contributed by atoms with Crippen molar-refractivity contribution in [3.05, 3.63) is 28.8 Å². The van der Waals surface area contributed by atoms with E-state index in [9.17, 15) is 13.2 Å². The molecule has 0 saturated carbocycles. The van der Waals surface area contributed by atoms with Gasteiger partial charge in [-0.25, -0.2) is 8.42 Å². The quantitative estimate of drug-likeness (QED) is 0.780. The predicted molar refractivity (Wildman–Crippen MR) is 78.8 cm³/mol. The van der Waals surface area contributed by atoms with E-state index in [-0.39, 0.29) is 21.4 Å². The van der Waals surface area contributed by atoms with E-state index in [4.69, 9.17) is 22.3 Å². The number of nitrogens with zero attached hydrogens (tertiary/aromatic N) is 1. The third-order valence-electron chi connectivity index (χ3n) is 3.34. The average Bonchev–Trinajstić information content (AvgIpc) is 2.36.